The van der Waals surface area contributed by atoms with Gasteiger partial charge in [-0.3, -0.25) is 0 Å². The molecule has 3 rings (SSSR count). The second-order valence-corrected chi connectivity index (χ2v) is 6.19. The fraction of sp³-hybridized carbons (Fsp3) is 0.500. The van der Waals surface area contributed by atoms with Crippen LogP contribution in [0.4, 0.5) is 16.3 Å². The molecule has 0 radical (unpaired) electrons. The third kappa shape index (κ3) is 3.64. The van der Waals surface area contributed by atoms with Crippen molar-refractivity contribution >= 4 is 17.5 Å². The van der Waals surface area contributed by atoms with Gasteiger partial charge in [-0.15, -0.1) is 0 Å². The van der Waals surface area contributed by atoms with Gasteiger partial charge in [-0.2, -0.15) is 4.98 Å². The molecule has 1 fully saturated rings. The Morgan fingerprint density at radius 3 is 2.88 bits per heavy atom. The molecule has 1 saturated heterocycles. The monoisotopic (exact) mass is 330 g/mol. The van der Waals surface area contributed by atoms with Crippen molar-refractivity contribution in [2.24, 2.45) is 0 Å². The highest BCUT2D eigenvalue weighted by Gasteiger charge is 2.28. The zero-order chi connectivity index (χ0) is 17.1. The molecular weight excluding hydrogens is 308 g/mol. The molecule has 1 aliphatic heterocycles. The first kappa shape index (κ1) is 16.2. The molecular formula is C16H22N6O2. The highest BCUT2D eigenvalue weighted by Crippen LogP contribution is 2.26. The Hall–Kier alpha value is -2.64. The second-order valence-electron chi connectivity index (χ2n) is 6.19. The summed E-state index contributed by atoms with van der Waals surface area (Å²) >= 11 is 0. The Labute approximate surface area is 140 Å². The number of rotatable bonds is 3. The number of amides is 2. The standard InChI is InChI=1S/C16H22N6O2/c1-11-18-15(24-20-11)12-5-4-8-22(10-12)16(23)19-13-6-7-14(17-9-13)21(2)3/h6-7,9,12H,4-5,8,10H2,1-3H3,(H,19,23). The van der Waals surface area contributed by atoms with E-state index in [1.54, 1.807) is 18.0 Å². The number of hydrogen-bond donors (Lipinski definition) is 1. The summed E-state index contributed by atoms with van der Waals surface area (Å²) in [7, 11) is 3.85. The van der Waals surface area contributed by atoms with Crippen molar-refractivity contribution in [2.75, 3.05) is 37.4 Å². The van der Waals surface area contributed by atoms with Crippen molar-refractivity contribution in [3.05, 3.63) is 30.0 Å². The van der Waals surface area contributed by atoms with Crippen LogP contribution in [0.5, 0.6) is 0 Å². The first-order chi connectivity index (χ1) is 11.5. The van der Waals surface area contributed by atoms with Gasteiger partial charge in [0.2, 0.25) is 5.89 Å². The number of anilines is 2. The fourth-order valence-electron chi connectivity index (χ4n) is 2.77. The molecule has 128 valence electrons. The topological polar surface area (TPSA) is 87.4 Å². The van der Waals surface area contributed by atoms with Gasteiger partial charge in [-0.1, -0.05) is 5.16 Å². The number of pyridine rings is 1. The third-order valence-electron chi connectivity index (χ3n) is 4.06. The average molecular weight is 330 g/mol. The summed E-state index contributed by atoms with van der Waals surface area (Å²) in [6, 6.07) is 3.59. The minimum atomic E-state index is -0.129. The van der Waals surface area contributed by atoms with Crippen LogP contribution in [0.25, 0.3) is 0 Å². The molecule has 1 N–H and O–H groups in total. The van der Waals surface area contributed by atoms with Gasteiger partial charge in [0.15, 0.2) is 5.82 Å². The molecule has 8 nitrogen and oxygen atoms in total. The Morgan fingerprint density at radius 1 is 1.42 bits per heavy atom. The Balaban J connectivity index is 1.62. The molecule has 1 aliphatic rings. The maximum absolute atomic E-state index is 12.5. The lowest BCUT2D eigenvalue weighted by molar-refractivity contribution is 0.184. The number of carbonyl (C=O) groups is 1. The molecule has 1 atom stereocenters. The Kier molecular flexibility index (Phi) is 4.64. The Bertz CT molecular complexity index is 697. The van der Waals surface area contributed by atoms with Crippen molar-refractivity contribution < 1.29 is 9.32 Å². The predicted octanol–water partition coefficient (Wildman–Crippen LogP) is 2.25. The number of carbonyl (C=O) groups excluding carboxylic acids is 1. The van der Waals surface area contributed by atoms with Crippen LogP contribution in [0, 0.1) is 6.92 Å². The van der Waals surface area contributed by atoms with Gasteiger partial charge in [-0.25, -0.2) is 9.78 Å². The van der Waals surface area contributed by atoms with E-state index in [1.807, 2.05) is 31.1 Å². The van der Waals surface area contributed by atoms with Crippen LogP contribution in [-0.4, -0.2) is 53.2 Å². The van der Waals surface area contributed by atoms with Crippen molar-refractivity contribution in [3.8, 4) is 0 Å². The van der Waals surface area contributed by atoms with E-state index in [4.69, 9.17) is 4.52 Å². The first-order valence-electron chi connectivity index (χ1n) is 8.02. The molecule has 2 amide bonds. The Morgan fingerprint density at radius 2 is 2.25 bits per heavy atom. The third-order valence-corrected chi connectivity index (χ3v) is 4.06. The zero-order valence-corrected chi connectivity index (χ0v) is 14.2. The summed E-state index contributed by atoms with van der Waals surface area (Å²) in [5, 5.41) is 6.73. The van der Waals surface area contributed by atoms with Gasteiger partial charge in [-0.05, 0) is 31.9 Å². The summed E-state index contributed by atoms with van der Waals surface area (Å²) in [5.41, 5.74) is 0.682. The molecule has 24 heavy (non-hydrogen) atoms. The molecule has 0 saturated carbocycles. The number of piperidine rings is 1. The van der Waals surface area contributed by atoms with Crippen molar-refractivity contribution in [2.45, 2.75) is 25.7 Å². The highest BCUT2D eigenvalue weighted by atomic mass is 16.5. The van der Waals surface area contributed by atoms with Gasteiger partial charge in [0.05, 0.1) is 17.8 Å². The van der Waals surface area contributed by atoms with E-state index >= 15 is 0 Å². The van der Waals surface area contributed by atoms with E-state index < -0.39 is 0 Å². The van der Waals surface area contributed by atoms with Crippen LogP contribution >= 0.6 is 0 Å². The van der Waals surface area contributed by atoms with E-state index in [0.717, 1.165) is 25.2 Å². The zero-order valence-electron chi connectivity index (χ0n) is 14.2. The maximum atomic E-state index is 12.5. The van der Waals surface area contributed by atoms with Crippen LogP contribution in [0.2, 0.25) is 0 Å². The average Bonchev–Trinajstić information content (AvgIpc) is 3.02. The molecule has 1 unspecified atom stereocenters. The lowest BCUT2D eigenvalue weighted by atomic mass is 9.98. The van der Waals surface area contributed by atoms with E-state index in [1.165, 1.54) is 0 Å². The molecule has 2 aromatic rings. The molecule has 0 aliphatic carbocycles. The number of nitrogens with one attached hydrogen (secondary N) is 1. The number of hydrogen-bond acceptors (Lipinski definition) is 6. The number of likely N-dealkylation sites (tertiary alicyclic amines) is 1. The van der Waals surface area contributed by atoms with Crippen LogP contribution in [0.1, 0.15) is 30.5 Å². The lowest BCUT2D eigenvalue weighted by Gasteiger charge is -2.31. The quantitative estimate of drug-likeness (QED) is 0.929. The molecule has 0 aromatic carbocycles. The van der Waals surface area contributed by atoms with E-state index in [0.29, 0.717) is 23.9 Å². The summed E-state index contributed by atoms with van der Waals surface area (Å²) < 4.78 is 5.25. The summed E-state index contributed by atoms with van der Waals surface area (Å²) in [6.07, 6.45) is 3.53. The predicted molar refractivity (Wildman–Crippen MR) is 90.2 cm³/mol. The van der Waals surface area contributed by atoms with Crippen LogP contribution in [0.3, 0.4) is 0 Å². The molecule has 0 bridgehead atoms. The normalized spacial score (nSPS) is 17.6. The van der Waals surface area contributed by atoms with Crippen molar-refractivity contribution in [3.63, 3.8) is 0 Å². The van der Waals surface area contributed by atoms with Gasteiger partial charge in [0, 0.05) is 27.2 Å². The molecule has 3 heterocycles. The van der Waals surface area contributed by atoms with E-state index in [-0.39, 0.29) is 11.9 Å². The molecule has 8 heteroatoms. The summed E-state index contributed by atoms with van der Waals surface area (Å²) in [5.74, 6) is 2.18. The minimum Gasteiger partial charge on any atom is -0.363 e. The molecule has 2 aromatic heterocycles. The second kappa shape index (κ2) is 6.86. The largest absolute Gasteiger partial charge is 0.363 e. The van der Waals surface area contributed by atoms with Gasteiger partial charge in [0.1, 0.15) is 5.82 Å². The van der Waals surface area contributed by atoms with Gasteiger partial charge < -0.3 is 19.6 Å². The van der Waals surface area contributed by atoms with Gasteiger partial charge >= 0.3 is 6.03 Å². The number of aromatic nitrogens is 3. The van der Waals surface area contributed by atoms with Crippen molar-refractivity contribution in [1.29, 1.82) is 0 Å². The summed E-state index contributed by atoms with van der Waals surface area (Å²) in [6.45, 7) is 3.10. The first-order valence-corrected chi connectivity index (χ1v) is 8.02. The smallest absolute Gasteiger partial charge is 0.321 e. The minimum absolute atomic E-state index is 0.0972. The number of nitrogens with zero attached hydrogens (tertiary/aromatic N) is 5. The SMILES string of the molecule is Cc1noc(C2CCCN(C(=O)Nc3ccc(N(C)C)nc3)C2)n1. The van der Waals surface area contributed by atoms with Crippen LogP contribution in [-0.2, 0) is 0 Å². The number of aryl methyl sites for hydroxylation is 1. The van der Waals surface area contributed by atoms with Crippen LogP contribution in [0.15, 0.2) is 22.9 Å². The molecule has 0 spiro atoms. The van der Waals surface area contributed by atoms with E-state index in [2.05, 4.69) is 20.4 Å². The maximum Gasteiger partial charge on any atom is 0.321 e. The number of urea groups is 1. The fourth-order valence-corrected chi connectivity index (χ4v) is 2.77. The highest BCUT2D eigenvalue weighted by molar-refractivity contribution is 5.89. The summed E-state index contributed by atoms with van der Waals surface area (Å²) in [4.78, 5) is 24.8. The van der Waals surface area contributed by atoms with Crippen molar-refractivity contribution in [1.82, 2.24) is 20.0 Å². The van der Waals surface area contributed by atoms with Crippen LogP contribution < -0.4 is 10.2 Å². The lowest BCUT2D eigenvalue weighted by Crippen LogP contribution is -2.41. The van der Waals surface area contributed by atoms with E-state index in [9.17, 15) is 4.79 Å². The van der Waals surface area contributed by atoms with Gasteiger partial charge in [0.25, 0.3) is 0 Å².